The number of allylic oxidation sites excluding steroid dienone is 10. The van der Waals surface area contributed by atoms with Crippen molar-refractivity contribution < 1.29 is 0 Å². The van der Waals surface area contributed by atoms with E-state index in [1.165, 1.54) is 0 Å². The Morgan fingerprint density at radius 2 is 0.714 bits per heavy atom. The van der Waals surface area contributed by atoms with Gasteiger partial charge in [-0.1, -0.05) is 60.8 Å². The van der Waals surface area contributed by atoms with E-state index < -0.39 is 0 Å². The van der Waals surface area contributed by atoms with Crippen molar-refractivity contribution in [1.29, 1.82) is 0 Å². The maximum atomic E-state index is 2.27. The van der Waals surface area contributed by atoms with Gasteiger partial charge in [0.2, 0.25) is 0 Å². The maximum absolute atomic E-state index is 2.27. The molecular weight excluding hydrogens is 168 g/mol. The zero-order valence-electron chi connectivity index (χ0n) is 8.60. The van der Waals surface area contributed by atoms with Gasteiger partial charge in [-0.3, -0.25) is 0 Å². The fraction of sp³-hybridized carbons (Fsp3) is 0.286. The molecule has 0 aromatic heterocycles. The molecule has 0 heteroatoms. The average molecular weight is 186 g/mol. The van der Waals surface area contributed by atoms with Gasteiger partial charge in [0.05, 0.1) is 0 Å². The Morgan fingerprint density at radius 3 is 1.21 bits per heavy atom. The van der Waals surface area contributed by atoms with E-state index in [4.69, 9.17) is 0 Å². The molecule has 1 aliphatic rings. The molecule has 1 aliphatic carbocycles. The van der Waals surface area contributed by atoms with Crippen LogP contribution in [0.15, 0.2) is 60.8 Å². The SMILES string of the molecule is C1=C\C=C/CC/C=C\CC/C=C\C=C/1. The van der Waals surface area contributed by atoms with Crippen LogP contribution >= 0.6 is 0 Å². The highest BCUT2D eigenvalue weighted by Crippen LogP contribution is 1.98. The molecule has 0 aromatic rings. The molecule has 0 heterocycles. The van der Waals surface area contributed by atoms with Crippen LogP contribution in [-0.2, 0) is 0 Å². The van der Waals surface area contributed by atoms with Gasteiger partial charge in [0, 0.05) is 0 Å². The monoisotopic (exact) mass is 186 g/mol. The molecule has 0 saturated carbocycles. The van der Waals surface area contributed by atoms with E-state index in [1.54, 1.807) is 0 Å². The molecule has 74 valence electrons. The summed E-state index contributed by atoms with van der Waals surface area (Å²) < 4.78 is 0. The van der Waals surface area contributed by atoms with E-state index in [0.29, 0.717) is 0 Å². The zero-order valence-corrected chi connectivity index (χ0v) is 8.60. The summed E-state index contributed by atoms with van der Waals surface area (Å²) in [5, 5.41) is 0. The highest BCUT2D eigenvalue weighted by molar-refractivity contribution is 5.15. The average Bonchev–Trinajstić information content (AvgIpc) is 2.22. The first-order valence-corrected chi connectivity index (χ1v) is 5.30. The lowest BCUT2D eigenvalue weighted by atomic mass is 10.2. The van der Waals surface area contributed by atoms with Crippen molar-refractivity contribution in [3.63, 3.8) is 0 Å². The predicted molar refractivity (Wildman–Crippen MR) is 64.2 cm³/mol. The molecule has 0 aliphatic heterocycles. The Kier molecular flexibility index (Phi) is 6.39. The van der Waals surface area contributed by atoms with Crippen molar-refractivity contribution in [2.45, 2.75) is 25.7 Å². The van der Waals surface area contributed by atoms with Gasteiger partial charge >= 0.3 is 0 Å². The molecule has 14 heavy (non-hydrogen) atoms. The smallest absolute Gasteiger partial charge is 0.0313 e. The third-order valence-corrected chi connectivity index (χ3v) is 1.99. The molecule has 0 unspecified atom stereocenters. The van der Waals surface area contributed by atoms with Crippen LogP contribution in [0.5, 0.6) is 0 Å². The summed E-state index contributed by atoms with van der Waals surface area (Å²) in [6.07, 6.45) is 26.0. The topological polar surface area (TPSA) is 0 Å². The van der Waals surface area contributed by atoms with Gasteiger partial charge in [0.15, 0.2) is 0 Å². The van der Waals surface area contributed by atoms with Crippen molar-refractivity contribution in [3.8, 4) is 0 Å². The number of rotatable bonds is 0. The van der Waals surface area contributed by atoms with Crippen LogP contribution in [0.25, 0.3) is 0 Å². The summed E-state index contributed by atoms with van der Waals surface area (Å²) >= 11 is 0. The first-order valence-electron chi connectivity index (χ1n) is 5.30. The van der Waals surface area contributed by atoms with E-state index in [2.05, 4.69) is 60.8 Å². The van der Waals surface area contributed by atoms with Gasteiger partial charge in [-0.2, -0.15) is 0 Å². The number of hydrogen-bond acceptors (Lipinski definition) is 0. The second-order valence-corrected chi connectivity index (χ2v) is 3.25. The van der Waals surface area contributed by atoms with Crippen LogP contribution in [0.3, 0.4) is 0 Å². The highest BCUT2D eigenvalue weighted by Gasteiger charge is 1.78. The molecule has 0 saturated heterocycles. The summed E-state index contributed by atoms with van der Waals surface area (Å²) in [5.41, 5.74) is 0. The summed E-state index contributed by atoms with van der Waals surface area (Å²) in [7, 11) is 0. The first kappa shape index (κ1) is 10.8. The van der Waals surface area contributed by atoms with Gasteiger partial charge in [-0.15, -0.1) is 0 Å². The fourth-order valence-corrected chi connectivity index (χ4v) is 1.23. The van der Waals surface area contributed by atoms with Crippen LogP contribution in [0.2, 0.25) is 0 Å². The summed E-state index contributed by atoms with van der Waals surface area (Å²) in [6, 6.07) is 0. The second kappa shape index (κ2) is 8.31. The van der Waals surface area contributed by atoms with E-state index in [-0.39, 0.29) is 0 Å². The lowest BCUT2D eigenvalue weighted by molar-refractivity contribution is 1.00. The normalized spacial score (nSPS) is 29.7. The van der Waals surface area contributed by atoms with Crippen molar-refractivity contribution >= 4 is 0 Å². The molecule has 1 rings (SSSR count). The molecule has 0 spiro atoms. The van der Waals surface area contributed by atoms with E-state index in [1.807, 2.05) is 0 Å². The van der Waals surface area contributed by atoms with Gasteiger partial charge in [-0.05, 0) is 25.7 Å². The molecule has 0 fully saturated rings. The summed E-state index contributed by atoms with van der Waals surface area (Å²) in [6.45, 7) is 0. The maximum Gasteiger partial charge on any atom is -0.0313 e. The van der Waals surface area contributed by atoms with Gasteiger partial charge in [0.25, 0.3) is 0 Å². The van der Waals surface area contributed by atoms with Crippen molar-refractivity contribution in [3.05, 3.63) is 60.8 Å². The van der Waals surface area contributed by atoms with Gasteiger partial charge < -0.3 is 0 Å². The molecule has 0 N–H and O–H groups in total. The molecule has 0 aromatic carbocycles. The van der Waals surface area contributed by atoms with Crippen molar-refractivity contribution in [2.24, 2.45) is 0 Å². The summed E-state index contributed by atoms with van der Waals surface area (Å²) in [5.74, 6) is 0. The Hall–Kier alpha value is -1.30. The predicted octanol–water partition coefficient (Wildman–Crippen LogP) is 4.34. The Bertz CT molecular complexity index is 234. The van der Waals surface area contributed by atoms with Crippen molar-refractivity contribution in [1.82, 2.24) is 0 Å². The number of hydrogen-bond donors (Lipinski definition) is 0. The van der Waals surface area contributed by atoms with Crippen LogP contribution < -0.4 is 0 Å². The highest BCUT2D eigenvalue weighted by atomic mass is 13.8. The minimum atomic E-state index is 1.14. The largest absolute Gasteiger partial charge is 0.0882 e. The van der Waals surface area contributed by atoms with Gasteiger partial charge in [-0.25, -0.2) is 0 Å². The third kappa shape index (κ3) is 6.24. The fourth-order valence-electron chi connectivity index (χ4n) is 1.23. The van der Waals surface area contributed by atoms with Crippen LogP contribution in [0, 0.1) is 0 Å². The quantitative estimate of drug-likeness (QED) is 0.494. The molecular formula is C14H18. The lowest BCUT2D eigenvalue weighted by Gasteiger charge is -1.88. The Labute approximate surface area is 87.0 Å². The molecule has 0 bridgehead atoms. The van der Waals surface area contributed by atoms with Crippen LogP contribution in [0.4, 0.5) is 0 Å². The van der Waals surface area contributed by atoms with Crippen LogP contribution in [0.1, 0.15) is 25.7 Å². The Balaban J connectivity index is 2.46. The van der Waals surface area contributed by atoms with Crippen LogP contribution in [-0.4, -0.2) is 0 Å². The lowest BCUT2D eigenvalue weighted by Crippen LogP contribution is -1.68. The molecule has 0 nitrogen and oxygen atoms in total. The summed E-state index contributed by atoms with van der Waals surface area (Å²) in [4.78, 5) is 0. The second-order valence-electron chi connectivity index (χ2n) is 3.25. The standard InChI is InChI=1S/C14H18/c1-2-4-6-8-10-12-14-13-11-9-7-5-3-1/h1-8,13-14H,9-12H2/b3-1-,4-2-,7-5-,8-6-,14-13-. The minimum Gasteiger partial charge on any atom is -0.0882 e. The van der Waals surface area contributed by atoms with E-state index in [0.717, 1.165) is 25.7 Å². The van der Waals surface area contributed by atoms with Crippen molar-refractivity contribution in [2.75, 3.05) is 0 Å². The van der Waals surface area contributed by atoms with E-state index in [9.17, 15) is 0 Å². The van der Waals surface area contributed by atoms with Gasteiger partial charge in [0.1, 0.15) is 0 Å². The third-order valence-electron chi connectivity index (χ3n) is 1.99. The molecule has 0 radical (unpaired) electrons. The Morgan fingerprint density at radius 1 is 0.357 bits per heavy atom. The molecule has 0 atom stereocenters. The van der Waals surface area contributed by atoms with E-state index >= 15 is 0 Å². The zero-order chi connectivity index (χ0) is 9.90. The first-order chi connectivity index (χ1) is 7.00. The molecule has 0 amide bonds. The minimum absolute atomic E-state index is 1.14.